The molecule has 0 saturated carbocycles. The normalized spacial score (nSPS) is 14.8. The molecule has 1 aliphatic heterocycles. The molecule has 0 atom stereocenters. The highest BCUT2D eigenvalue weighted by Gasteiger charge is 2.29. The zero-order valence-corrected chi connectivity index (χ0v) is 20.1. The summed E-state index contributed by atoms with van der Waals surface area (Å²) in [6.45, 7) is 7.45. The average Bonchev–Trinajstić information content (AvgIpc) is 2.80. The van der Waals surface area contributed by atoms with Crippen LogP contribution in [0.4, 0.5) is 5.82 Å². The molecule has 0 amide bonds. The number of hydrogen-bond acceptors (Lipinski definition) is 7. The van der Waals surface area contributed by atoms with Gasteiger partial charge < -0.3 is 14.4 Å². The van der Waals surface area contributed by atoms with Crippen molar-refractivity contribution in [3.8, 4) is 17.4 Å². The van der Waals surface area contributed by atoms with E-state index in [-0.39, 0.29) is 4.90 Å². The van der Waals surface area contributed by atoms with Gasteiger partial charge in [0.05, 0.1) is 12.0 Å². The third kappa shape index (κ3) is 5.09. The molecule has 33 heavy (non-hydrogen) atoms. The molecule has 1 fully saturated rings. The van der Waals surface area contributed by atoms with Crippen LogP contribution in [0.2, 0.25) is 0 Å². The lowest BCUT2D eigenvalue weighted by atomic mass is 10.2. The molecule has 8 nitrogen and oxygen atoms in total. The number of benzene rings is 2. The molecule has 0 unspecified atom stereocenters. The topological polar surface area (TPSA) is 84.9 Å². The number of rotatable bonds is 6. The van der Waals surface area contributed by atoms with Gasteiger partial charge in [0.15, 0.2) is 0 Å². The van der Waals surface area contributed by atoms with Crippen LogP contribution in [0.15, 0.2) is 53.4 Å². The van der Waals surface area contributed by atoms with E-state index in [9.17, 15) is 8.42 Å². The SMILES string of the molecule is COc1ccc(S(=O)(=O)N2CCN(c3cc(Oc4ccc(C)cc4)nc(C)n3)CC2)cc1C. The molecular weight excluding hydrogens is 440 g/mol. The van der Waals surface area contributed by atoms with Gasteiger partial charge in [-0.3, -0.25) is 0 Å². The number of aromatic nitrogens is 2. The van der Waals surface area contributed by atoms with E-state index in [1.54, 1.807) is 31.4 Å². The molecule has 0 radical (unpaired) electrons. The molecule has 4 rings (SSSR count). The molecule has 174 valence electrons. The van der Waals surface area contributed by atoms with Gasteiger partial charge in [-0.15, -0.1) is 0 Å². The van der Waals surface area contributed by atoms with Crippen molar-refractivity contribution >= 4 is 15.8 Å². The number of piperazine rings is 1. The minimum Gasteiger partial charge on any atom is -0.496 e. The van der Waals surface area contributed by atoms with E-state index >= 15 is 0 Å². The fourth-order valence-electron chi connectivity index (χ4n) is 3.78. The highest BCUT2D eigenvalue weighted by atomic mass is 32.2. The smallest absolute Gasteiger partial charge is 0.243 e. The number of aryl methyl sites for hydroxylation is 3. The maximum Gasteiger partial charge on any atom is 0.243 e. The number of methoxy groups -OCH3 is 1. The van der Waals surface area contributed by atoms with Crippen molar-refractivity contribution < 1.29 is 17.9 Å². The summed E-state index contributed by atoms with van der Waals surface area (Å²) < 4.78 is 39.0. The summed E-state index contributed by atoms with van der Waals surface area (Å²) >= 11 is 0. The summed E-state index contributed by atoms with van der Waals surface area (Å²) in [6.07, 6.45) is 0. The van der Waals surface area contributed by atoms with E-state index in [1.165, 1.54) is 4.31 Å². The molecular formula is C24H28N4O4S. The van der Waals surface area contributed by atoms with Crippen molar-refractivity contribution in [2.45, 2.75) is 25.7 Å². The summed E-state index contributed by atoms with van der Waals surface area (Å²) in [5.41, 5.74) is 1.94. The lowest BCUT2D eigenvalue weighted by Crippen LogP contribution is -2.49. The highest BCUT2D eigenvalue weighted by Crippen LogP contribution is 2.27. The summed E-state index contributed by atoms with van der Waals surface area (Å²) in [6, 6.07) is 14.5. The van der Waals surface area contributed by atoms with Gasteiger partial charge in [-0.05, 0) is 56.7 Å². The first-order chi connectivity index (χ1) is 15.8. The Hall–Kier alpha value is -3.17. The molecule has 3 aromatic rings. The van der Waals surface area contributed by atoms with Crippen LogP contribution >= 0.6 is 0 Å². The van der Waals surface area contributed by atoms with E-state index in [1.807, 2.05) is 45.0 Å². The fraction of sp³-hybridized carbons (Fsp3) is 0.333. The van der Waals surface area contributed by atoms with Crippen LogP contribution in [0.5, 0.6) is 17.4 Å². The predicted molar refractivity (Wildman–Crippen MR) is 127 cm³/mol. The predicted octanol–water partition coefficient (Wildman–Crippen LogP) is 3.71. The first kappa shape index (κ1) is 23.0. The summed E-state index contributed by atoms with van der Waals surface area (Å²) in [4.78, 5) is 11.3. The van der Waals surface area contributed by atoms with E-state index < -0.39 is 10.0 Å². The zero-order chi connectivity index (χ0) is 23.6. The molecule has 1 aliphatic rings. The lowest BCUT2D eigenvalue weighted by molar-refractivity contribution is 0.382. The van der Waals surface area contributed by atoms with Crippen molar-refractivity contribution in [2.24, 2.45) is 0 Å². The number of hydrogen-bond donors (Lipinski definition) is 0. The van der Waals surface area contributed by atoms with Gasteiger partial charge in [0, 0.05) is 32.2 Å². The van der Waals surface area contributed by atoms with E-state index in [0.717, 1.165) is 16.9 Å². The highest BCUT2D eigenvalue weighted by molar-refractivity contribution is 7.89. The van der Waals surface area contributed by atoms with Crippen LogP contribution in [0.1, 0.15) is 17.0 Å². The quantitative estimate of drug-likeness (QED) is 0.545. The molecule has 0 spiro atoms. The molecule has 0 aliphatic carbocycles. The van der Waals surface area contributed by atoms with Crippen molar-refractivity contribution in [2.75, 3.05) is 38.2 Å². The Kier molecular flexibility index (Phi) is 6.53. The number of sulfonamides is 1. The maximum absolute atomic E-state index is 13.1. The van der Waals surface area contributed by atoms with Crippen molar-refractivity contribution in [1.82, 2.24) is 14.3 Å². The zero-order valence-electron chi connectivity index (χ0n) is 19.3. The Labute approximate surface area is 194 Å². The maximum atomic E-state index is 13.1. The molecule has 0 bridgehead atoms. The van der Waals surface area contributed by atoms with Crippen LogP contribution < -0.4 is 14.4 Å². The monoisotopic (exact) mass is 468 g/mol. The summed E-state index contributed by atoms with van der Waals surface area (Å²) in [5.74, 6) is 3.15. The molecule has 2 heterocycles. The van der Waals surface area contributed by atoms with Gasteiger partial charge >= 0.3 is 0 Å². The second-order valence-corrected chi connectivity index (χ2v) is 9.99. The van der Waals surface area contributed by atoms with Crippen LogP contribution in [0.3, 0.4) is 0 Å². The largest absolute Gasteiger partial charge is 0.496 e. The number of anilines is 1. The molecule has 9 heteroatoms. The molecule has 1 aromatic heterocycles. The minimum absolute atomic E-state index is 0.279. The van der Waals surface area contributed by atoms with E-state index in [2.05, 4.69) is 14.9 Å². The molecule has 1 saturated heterocycles. The first-order valence-electron chi connectivity index (χ1n) is 10.8. The summed E-state index contributed by atoms with van der Waals surface area (Å²) in [7, 11) is -2.01. The standard InChI is InChI=1S/C24H28N4O4S/c1-17-5-7-20(8-6-17)32-24-16-23(25-19(3)26-24)27-11-13-28(14-12-27)33(29,30)21-9-10-22(31-4)18(2)15-21/h5-10,15-16H,11-14H2,1-4H3. The fourth-order valence-corrected chi connectivity index (χ4v) is 5.29. The van der Waals surface area contributed by atoms with Crippen LogP contribution in [-0.2, 0) is 10.0 Å². The number of nitrogens with zero attached hydrogens (tertiary/aromatic N) is 4. The first-order valence-corrected chi connectivity index (χ1v) is 12.2. The van der Waals surface area contributed by atoms with Crippen molar-refractivity contribution in [1.29, 1.82) is 0 Å². The van der Waals surface area contributed by atoms with Gasteiger partial charge in [-0.2, -0.15) is 9.29 Å². The second-order valence-electron chi connectivity index (χ2n) is 8.05. The van der Waals surface area contributed by atoms with E-state index in [4.69, 9.17) is 9.47 Å². The molecule has 2 aromatic carbocycles. The van der Waals surface area contributed by atoms with Gasteiger partial charge in [0.2, 0.25) is 15.9 Å². The lowest BCUT2D eigenvalue weighted by Gasteiger charge is -2.34. The van der Waals surface area contributed by atoms with Gasteiger partial charge in [0.25, 0.3) is 0 Å². The summed E-state index contributed by atoms with van der Waals surface area (Å²) in [5, 5.41) is 0. The Morgan fingerprint density at radius 1 is 0.879 bits per heavy atom. The van der Waals surface area contributed by atoms with Crippen LogP contribution in [0.25, 0.3) is 0 Å². The Bertz CT molecular complexity index is 1240. The Morgan fingerprint density at radius 2 is 1.58 bits per heavy atom. The van der Waals surface area contributed by atoms with E-state index in [0.29, 0.717) is 49.4 Å². The minimum atomic E-state index is -3.58. The van der Waals surface area contributed by atoms with Crippen molar-refractivity contribution in [3.63, 3.8) is 0 Å². The third-order valence-corrected chi connectivity index (χ3v) is 7.51. The van der Waals surface area contributed by atoms with Gasteiger partial charge in [-0.25, -0.2) is 13.4 Å². The number of ether oxygens (including phenoxy) is 2. The van der Waals surface area contributed by atoms with Gasteiger partial charge in [0.1, 0.15) is 23.1 Å². The average molecular weight is 469 g/mol. The van der Waals surface area contributed by atoms with Crippen molar-refractivity contribution in [3.05, 3.63) is 65.5 Å². The van der Waals surface area contributed by atoms with Gasteiger partial charge in [-0.1, -0.05) is 17.7 Å². The third-order valence-electron chi connectivity index (χ3n) is 5.61. The van der Waals surface area contributed by atoms with Crippen LogP contribution in [-0.4, -0.2) is 56.0 Å². The Morgan fingerprint density at radius 3 is 2.21 bits per heavy atom. The molecule has 0 N–H and O–H groups in total. The Balaban J connectivity index is 1.46. The second kappa shape index (κ2) is 9.36. The van der Waals surface area contributed by atoms with Crippen LogP contribution in [0, 0.1) is 20.8 Å².